The molecule has 0 unspecified atom stereocenters. The zero-order valence-corrected chi connectivity index (χ0v) is 8.50. The zero-order valence-electron chi connectivity index (χ0n) is 7.68. The van der Waals surface area contributed by atoms with Gasteiger partial charge in [-0.15, -0.1) is 0 Å². The van der Waals surface area contributed by atoms with Gasteiger partial charge in [-0.1, -0.05) is 4.33 Å². The van der Waals surface area contributed by atoms with Crippen molar-refractivity contribution in [1.82, 2.24) is 4.90 Å². The van der Waals surface area contributed by atoms with Gasteiger partial charge < -0.3 is 10.6 Å². The first-order valence-electron chi connectivity index (χ1n) is 3.36. The van der Waals surface area contributed by atoms with E-state index in [4.69, 9.17) is 11.1 Å². The number of nitrogens with one attached hydrogen (secondary N) is 1. The molecule has 8 nitrogen and oxygen atoms in total. The molecule has 0 bridgehead atoms. The van der Waals surface area contributed by atoms with Crippen LogP contribution in [-0.2, 0) is 24.1 Å². The van der Waals surface area contributed by atoms with Crippen LogP contribution < -0.4 is 5.73 Å². The van der Waals surface area contributed by atoms with E-state index in [1.165, 1.54) is 7.05 Å². The molecule has 0 rings (SSSR count). The highest BCUT2D eigenvalue weighted by Crippen LogP contribution is 1.91. The number of carbonyl (C=O) groups is 1. The van der Waals surface area contributed by atoms with Crippen LogP contribution in [0.5, 0.6) is 0 Å². The number of hydrogen-bond acceptors (Lipinski definition) is 6. The lowest BCUT2D eigenvalue weighted by molar-refractivity contribution is -0.210. The van der Waals surface area contributed by atoms with Gasteiger partial charge in [0.05, 0.1) is 6.26 Å². The maximum atomic E-state index is 10.8. The predicted octanol–water partition coefficient (Wildman–Crippen LogP) is -1.75. The quantitative estimate of drug-likeness (QED) is 0.251. The molecule has 3 N–H and O–H groups in total. The lowest BCUT2D eigenvalue weighted by atomic mass is 10.6. The van der Waals surface area contributed by atoms with E-state index in [0.29, 0.717) is 0 Å². The molecule has 0 aromatic heterocycles. The second kappa shape index (κ2) is 4.77. The van der Waals surface area contributed by atoms with Crippen LogP contribution >= 0.6 is 0 Å². The zero-order chi connectivity index (χ0) is 11.4. The Hall–Kier alpha value is -1.35. The van der Waals surface area contributed by atoms with Crippen molar-refractivity contribution in [2.75, 3.05) is 19.8 Å². The monoisotopic (exact) mass is 225 g/mol. The van der Waals surface area contributed by atoms with Crippen LogP contribution in [0.3, 0.4) is 0 Å². The van der Waals surface area contributed by atoms with Crippen molar-refractivity contribution in [3.8, 4) is 0 Å². The van der Waals surface area contributed by atoms with E-state index in [-0.39, 0.29) is 12.5 Å². The third-order valence-corrected chi connectivity index (χ3v) is 1.34. The van der Waals surface area contributed by atoms with Crippen molar-refractivity contribution in [3.05, 3.63) is 0 Å². The van der Waals surface area contributed by atoms with Crippen molar-refractivity contribution < 1.29 is 22.4 Å². The summed E-state index contributed by atoms with van der Waals surface area (Å²) in [5.74, 6) is -1.31. The Labute approximate surface area is 81.1 Å². The summed E-state index contributed by atoms with van der Waals surface area (Å²) in [6.07, 6.45) is 0.731. The summed E-state index contributed by atoms with van der Waals surface area (Å²) < 4.78 is 24.5. The van der Waals surface area contributed by atoms with Gasteiger partial charge in [-0.3, -0.25) is 10.3 Å². The number of hydrogen-bond donors (Lipinski definition) is 2. The molecule has 0 heterocycles. The SMILES string of the molecule is CN(CC(=O)OOS(C)(=O)=O)C(=N)N. The van der Waals surface area contributed by atoms with Crippen LogP contribution in [0.4, 0.5) is 0 Å². The van der Waals surface area contributed by atoms with Gasteiger partial charge in [0.2, 0.25) is 0 Å². The van der Waals surface area contributed by atoms with Gasteiger partial charge in [0, 0.05) is 7.05 Å². The summed E-state index contributed by atoms with van der Waals surface area (Å²) in [4.78, 5) is 15.8. The highest BCUT2D eigenvalue weighted by atomic mass is 32.2. The molecule has 0 fully saturated rings. The molecule has 0 aliphatic heterocycles. The highest BCUT2D eigenvalue weighted by Gasteiger charge is 2.12. The molecule has 0 aliphatic carbocycles. The first-order chi connectivity index (χ1) is 6.22. The number of guanidine groups is 1. The van der Waals surface area contributed by atoms with Gasteiger partial charge in [0.15, 0.2) is 5.96 Å². The number of carbonyl (C=O) groups excluding carboxylic acids is 1. The van der Waals surface area contributed by atoms with Crippen LogP contribution in [0.25, 0.3) is 0 Å². The number of rotatable bonds is 4. The van der Waals surface area contributed by atoms with Crippen LogP contribution in [0, 0.1) is 5.41 Å². The fourth-order valence-electron chi connectivity index (χ4n) is 0.405. The minimum atomic E-state index is -3.82. The average molecular weight is 225 g/mol. The van der Waals surface area contributed by atoms with Crippen LogP contribution in [0.2, 0.25) is 0 Å². The van der Waals surface area contributed by atoms with Gasteiger partial charge in [-0.2, -0.15) is 8.42 Å². The molecule has 0 atom stereocenters. The molecule has 0 aromatic rings. The van der Waals surface area contributed by atoms with Crippen molar-refractivity contribution in [3.63, 3.8) is 0 Å². The summed E-state index contributed by atoms with van der Waals surface area (Å²) >= 11 is 0. The first-order valence-corrected chi connectivity index (χ1v) is 5.18. The third-order valence-electron chi connectivity index (χ3n) is 1.03. The molecule has 0 radical (unpaired) electrons. The molecular formula is C5H11N3O5S. The second-order valence-electron chi connectivity index (χ2n) is 2.47. The molecule has 0 amide bonds. The summed E-state index contributed by atoms with van der Waals surface area (Å²) in [5.41, 5.74) is 5.01. The molecular weight excluding hydrogens is 214 g/mol. The Morgan fingerprint density at radius 2 is 2.07 bits per heavy atom. The van der Waals surface area contributed by atoms with Crippen LogP contribution in [0.1, 0.15) is 0 Å². The van der Waals surface area contributed by atoms with Crippen molar-refractivity contribution in [1.29, 1.82) is 5.41 Å². The van der Waals surface area contributed by atoms with E-state index < -0.39 is 16.1 Å². The Morgan fingerprint density at radius 3 is 2.43 bits per heavy atom. The Morgan fingerprint density at radius 1 is 1.57 bits per heavy atom. The lowest BCUT2D eigenvalue weighted by Gasteiger charge is -2.13. The molecule has 0 aliphatic rings. The van der Waals surface area contributed by atoms with Crippen molar-refractivity contribution >= 4 is 22.0 Å². The topological polar surface area (TPSA) is 123 Å². The minimum absolute atomic E-state index is 0.346. The van der Waals surface area contributed by atoms with Gasteiger partial charge >= 0.3 is 5.97 Å². The maximum absolute atomic E-state index is 10.8. The normalized spacial score (nSPS) is 10.7. The average Bonchev–Trinajstić information content (AvgIpc) is 1.99. The molecule has 82 valence electrons. The van der Waals surface area contributed by atoms with Crippen molar-refractivity contribution in [2.45, 2.75) is 0 Å². The van der Waals surface area contributed by atoms with Crippen LogP contribution in [-0.4, -0.2) is 45.1 Å². The van der Waals surface area contributed by atoms with E-state index in [1.807, 2.05) is 0 Å². The molecule has 0 saturated heterocycles. The summed E-state index contributed by atoms with van der Waals surface area (Å²) in [7, 11) is -2.46. The van der Waals surface area contributed by atoms with E-state index in [1.54, 1.807) is 0 Å². The van der Waals surface area contributed by atoms with Gasteiger partial charge in [0.1, 0.15) is 6.54 Å². The van der Waals surface area contributed by atoms with Crippen molar-refractivity contribution in [2.24, 2.45) is 5.73 Å². The molecule has 14 heavy (non-hydrogen) atoms. The van der Waals surface area contributed by atoms with Gasteiger partial charge in [0.25, 0.3) is 10.1 Å². The standard InChI is InChI=1S/C5H11N3O5S/c1-8(5(6)7)3-4(9)12-13-14(2,10)11/h3H2,1-2H3,(H3,6,7). The Bertz CT molecular complexity index is 324. The molecule has 0 saturated carbocycles. The molecule has 0 aromatic carbocycles. The highest BCUT2D eigenvalue weighted by molar-refractivity contribution is 7.85. The third kappa shape index (κ3) is 6.20. The van der Waals surface area contributed by atoms with E-state index in [2.05, 4.69) is 9.22 Å². The molecule has 9 heteroatoms. The van der Waals surface area contributed by atoms with Gasteiger partial charge in [-0.05, 0) is 0 Å². The minimum Gasteiger partial charge on any atom is -0.370 e. The number of nitrogens with two attached hydrogens (primary N) is 1. The number of likely N-dealkylation sites (N-methyl/N-ethyl adjacent to an activating group) is 1. The smallest absolute Gasteiger partial charge is 0.363 e. The van der Waals surface area contributed by atoms with E-state index in [9.17, 15) is 13.2 Å². The van der Waals surface area contributed by atoms with E-state index in [0.717, 1.165) is 11.2 Å². The van der Waals surface area contributed by atoms with E-state index >= 15 is 0 Å². The second-order valence-corrected chi connectivity index (χ2v) is 4.01. The fraction of sp³-hybridized carbons (Fsp3) is 0.600. The van der Waals surface area contributed by atoms with Gasteiger partial charge in [-0.25, -0.2) is 4.79 Å². The summed E-state index contributed by atoms with van der Waals surface area (Å²) in [6.45, 7) is -0.370. The first kappa shape index (κ1) is 12.7. The fourth-order valence-corrected chi connectivity index (χ4v) is 0.604. The summed E-state index contributed by atoms with van der Waals surface area (Å²) in [6, 6.07) is 0. The van der Waals surface area contributed by atoms with Crippen LogP contribution in [0.15, 0.2) is 0 Å². The maximum Gasteiger partial charge on any atom is 0.363 e. The summed E-state index contributed by atoms with van der Waals surface area (Å²) in [5, 5.41) is 6.89. The molecule has 0 spiro atoms. The Balaban J connectivity index is 3.95. The predicted molar refractivity (Wildman–Crippen MR) is 46.6 cm³/mol. The largest absolute Gasteiger partial charge is 0.370 e. The number of nitrogens with zero attached hydrogens (tertiary/aromatic N) is 1. The lowest BCUT2D eigenvalue weighted by Crippen LogP contribution is -2.37. The Kier molecular flexibility index (Phi) is 4.31.